The first kappa shape index (κ1) is 20.6. The van der Waals surface area contributed by atoms with Crippen molar-refractivity contribution in [3.63, 3.8) is 0 Å². The van der Waals surface area contributed by atoms with Gasteiger partial charge in [-0.05, 0) is 42.8 Å². The lowest BCUT2D eigenvalue weighted by atomic mass is 9.97. The molecule has 1 aliphatic heterocycles. The van der Waals surface area contributed by atoms with E-state index in [1.54, 1.807) is 31.5 Å². The topological polar surface area (TPSA) is 64.6 Å². The van der Waals surface area contributed by atoms with E-state index >= 15 is 0 Å². The third-order valence-corrected chi connectivity index (χ3v) is 4.78. The fourth-order valence-corrected chi connectivity index (χ4v) is 3.31. The Bertz CT molecular complexity index is 1120. The summed E-state index contributed by atoms with van der Waals surface area (Å²) in [4.78, 5) is 22.1. The molecule has 0 spiro atoms. The first-order valence-electron chi connectivity index (χ1n) is 9.15. The second-order valence-corrected chi connectivity index (χ2v) is 6.78. The number of benzene rings is 2. The van der Waals surface area contributed by atoms with Gasteiger partial charge in [0.2, 0.25) is 0 Å². The van der Waals surface area contributed by atoms with Gasteiger partial charge in [0, 0.05) is 29.6 Å². The van der Waals surface area contributed by atoms with Crippen LogP contribution in [0.4, 0.5) is 22.4 Å². The molecule has 2 aromatic carbocycles. The van der Waals surface area contributed by atoms with Crippen LogP contribution in [-0.4, -0.2) is 27.3 Å². The number of carbonyl (C=O) groups excluding carboxylic acids is 1. The molecule has 10 heteroatoms. The normalized spacial score (nSPS) is 16.0. The zero-order valence-electron chi connectivity index (χ0n) is 16.1. The number of alkyl halides is 3. The van der Waals surface area contributed by atoms with E-state index in [2.05, 4.69) is 14.7 Å². The number of carbonyl (C=O) groups is 1. The number of halogens is 4. The second kappa shape index (κ2) is 7.86. The summed E-state index contributed by atoms with van der Waals surface area (Å²) in [5.41, 5.74) is 1.11. The third kappa shape index (κ3) is 4.42. The predicted octanol–water partition coefficient (Wildman–Crippen LogP) is 5.26. The van der Waals surface area contributed by atoms with Crippen LogP contribution in [0.5, 0.6) is 11.5 Å². The SMILES string of the molecule is CC1c2cc(-c3ccc(OC(F)(F)F)cc3F)ccc2OC(=O)N1Cc1ncccn1. The lowest BCUT2D eigenvalue weighted by Crippen LogP contribution is -2.39. The molecule has 0 aliphatic carbocycles. The van der Waals surface area contributed by atoms with Crippen molar-refractivity contribution in [1.82, 2.24) is 14.9 Å². The van der Waals surface area contributed by atoms with Crippen LogP contribution in [0.25, 0.3) is 11.1 Å². The molecule has 31 heavy (non-hydrogen) atoms. The molecule has 3 aromatic rings. The summed E-state index contributed by atoms with van der Waals surface area (Å²) < 4.78 is 60.7. The molecule has 0 N–H and O–H groups in total. The molecule has 0 fully saturated rings. The zero-order valence-corrected chi connectivity index (χ0v) is 16.1. The van der Waals surface area contributed by atoms with Crippen LogP contribution in [0.1, 0.15) is 24.4 Å². The van der Waals surface area contributed by atoms with Crippen LogP contribution < -0.4 is 9.47 Å². The third-order valence-electron chi connectivity index (χ3n) is 4.78. The Kier molecular flexibility index (Phi) is 5.22. The summed E-state index contributed by atoms with van der Waals surface area (Å²) in [6.45, 7) is 1.89. The van der Waals surface area contributed by atoms with E-state index in [9.17, 15) is 22.4 Å². The second-order valence-electron chi connectivity index (χ2n) is 6.78. The summed E-state index contributed by atoms with van der Waals surface area (Å²) in [6.07, 6.45) is -2.36. The summed E-state index contributed by atoms with van der Waals surface area (Å²) in [6, 6.07) is 8.81. The molecule has 2 heterocycles. The molecule has 0 radical (unpaired) electrons. The van der Waals surface area contributed by atoms with Crippen molar-refractivity contribution in [2.75, 3.05) is 0 Å². The average molecular weight is 433 g/mol. The van der Waals surface area contributed by atoms with E-state index in [4.69, 9.17) is 4.74 Å². The molecular formula is C21H15F4N3O3. The number of amides is 1. The Labute approximate surface area is 174 Å². The Hall–Kier alpha value is -3.69. The number of ether oxygens (including phenoxy) is 2. The summed E-state index contributed by atoms with van der Waals surface area (Å²) in [5.74, 6) is -0.777. The summed E-state index contributed by atoms with van der Waals surface area (Å²) in [7, 11) is 0. The molecule has 1 atom stereocenters. The molecular weight excluding hydrogens is 418 g/mol. The Morgan fingerprint density at radius 2 is 1.87 bits per heavy atom. The van der Waals surface area contributed by atoms with E-state index in [0.29, 0.717) is 28.8 Å². The monoisotopic (exact) mass is 433 g/mol. The maximum absolute atomic E-state index is 14.5. The quantitative estimate of drug-likeness (QED) is 0.526. The van der Waals surface area contributed by atoms with Crippen LogP contribution in [0, 0.1) is 5.82 Å². The van der Waals surface area contributed by atoms with E-state index in [0.717, 1.165) is 6.07 Å². The Balaban J connectivity index is 1.64. The van der Waals surface area contributed by atoms with Gasteiger partial charge in [0.15, 0.2) is 0 Å². The molecule has 0 bridgehead atoms. The van der Waals surface area contributed by atoms with Gasteiger partial charge in [-0.3, -0.25) is 4.90 Å². The van der Waals surface area contributed by atoms with Gasteiger partial charge < -0.3 is 9.47 Å². The summed E-state index contributed by atoms with van der Waals surface area (Å²) in [5, 5.41) is 0. The van der Waals surface area contributed by atoms with Crippen molar-refractivity contribution in [3.8, 4) is 22.6 Å². The van der Waals surface area contributed by atoms with E-state index < -0.39 is 30.1 Å². The minimum atomic E-state index is -4.91. The highest BCUT2D eigenvalue weighted by molar-refractivity contribution is 5.76. The zero-order chi connectivity index (χ0) is 22.2. The van der Waals surface area contributed by atoms with E-state index in [-0.39, 0.29) is 12.1 Å². The molecule has 4 rings (SSSR count). The molecule has 1 aromatic heterocycles. The minimum absolute atomic E-state index is 0.0827. The molecule has 160 valence electrons. The number of nitrogens with zero attached hydrogens (tertiary/aromatic N) is 3. The lowest BCUT2D eigenvalue weighted by Gasteiger charge is -2.33. The maximum atomic E-state index is 14.5. The molecule has 6 nitrogen and oxygen atoms in total. The highest BCUT2D eigenvalue weighted by atomic mass is 19.4. The van der Waals surface area contributed by atoms with Crippen molar-refractivity contribution in [3.05, 3.63) is 72.1 Å². The van der Waals surface area contributed by atoms with Crippen LogP contribution in [0.15, 0.2) is 54.9 Å². The van der Waals surface area contributed by atoms with Crippen molar-refractivity contribution < 1.29 is 31.8 Å². The smallest absolute Gasteiger partial charge is 0.410 e. The van der Waals surface area contributed by atoms with E-state index in [1.165, 1.54) is 23.1 Å². The molecule has 1 amide bonds. The van der Waals surface area contributed by atoms with Crippen LogP contribution in [0.2, 0.25) is 0 Å². The van der Waals surface area contributed by atoms with Gasteiger partial charge in [0.25, 0.3) is 0 Å². The fraction of sp³-hybridized carbons (Fsp3) is 0.190. The number of hydrogen-bond donors (Lipinski definition) is 0. The summed E-state index contributed by atoms with van der Waals surface area (Å²) >= 11 is 0. The van der Waals surface area contributed by atoms with Crippen molar-refractivity contribution in [2.45, 2.75) is 25.9 Å². The van der Waals surface area contributed by atoms with Gasteiger partial charge >= 0.3 is 12.5 Å². The average Bonchev–Trinajstić information content (AvgIpc) is 2.71. The molecule has 1 aliphatic rings. The molecule has 0 saturated carbocycles. The number of aromatic nitrogens is 2. The van der Waals surface area contributed by atoms with E-state index in [1.807, 2.05) is 0 Å². The highest BCUT2D eigenvalue weighted by Crippen LogP contribution is 2.39. The number of rotatable bonds is 4. The maximum Gasteiger partial charge on any atom is 0.573 e. The first-order chi connectivity index (χ1) is 14.7. The van der Waals surface area contributed by atoms with Gasteiger partial charge in [-0.15, -0.1) is 13.2 Å². The van der Waals surface area contributed by atoms with Crippen LogP contribution >= 0.6 is 0 Å². The van der Waals surface area contributed by atoms with Gasteiger partial charge in [0.05, 0.1) is 12.6 Å². The first-order valence-corrected chi connectivity index (χ1v) is 9.15. The fourth-order valence-electron chi connectivity index (χ4n) is 3.31. The lowest BCUT2D eigenvalue weighted by molar-refractivity contribution is -0.274. The standard InChI is InChI=1S/C21H15F4N3O3/c1-12-16-9-13(15-5-4-14(10-17(15)22)31-21(23,24)25)3-6-18(16)30-20(29)28(12)11-19-26-7-2-8-27-19/h2-10,12H,11H2,1H3. The van der Waals surface area contributed by atoms with Gasteiger partial charge in [-0.2, -0.15) is 0 Å². The number of fused-ring (bicyclic) bond motifs is 1. The molecule has 0 saturated heterocycles. The van der Waals surface area contributed by atoms with Crippen molar-refractivity contribution in [1.29, 1.82) is 0 Å². The molecule has 1 unspecified atom stereocenters. The van der Waals surface area contributed by atoms with Gasteiger partial charge in [-0.1, -0.05) is 6.07 Å². The van der Waals surface area contributed by atoms with Crippen molar-refractivity contribution >= 4 is 6.09 Å². The van der Waals surface area contributed by atoms with Crippen molar-refractivity contribution in [2.24, 2.45) is 0 Å². The number of hydrogen-bond acceptors (Lipinski definition) is 5. The van der Waals surface area contributed by atoms with Gasteiger partial charge in [-0.25, -0.2) is 19.2 Å². The minimum Gasteiger partial charge on any atom is -0.410 e. The van der Waals surface area contributed by atoms with Crippen LogP contribution in [0.3, 0.4) is 0 Å². The largest absolute Gasteiger partial charge is 0.573 e. The van der Waals surface area contributed by atoms with Crippen LogP contribution in [-0.2, 0) is 6.54 Å². The van der Waals surface area contributed by atoms with Gasteiger partial charge in [0.1, 0.15) is 23.1 Å². The highest BCUT2D eigenvalue weighted by Gasteiger charge is 2.33. The predicted molar refractivity (Wildman–Crippen MR) is 101 cm³/mol. The Morgan fingerprint density at radius 1 is 1.13 bits per heavy atom. The Morgan fingerprint density at radius 3 is 2.55 bits per heavy atom.